The highest BCUT2D eigenvalue weighted by molar-refractivity contribution is 7.98. The van der Waals surface area contributed by atoms with Crippen molar-refractivity contribution in [3.63, 3.8) is 0 Å². The molecule has 0 aromatic heterocycles. The van der Waals surface area contributed by atoms with Gasteiger partial charge in [-0.15, -0.1) is 11.8 Å². The summed E-state index contributed by atoms with van der Waals surface area (Å²) >= 11 is 1.64. The molecule has 1 aliphatic rings. The number of carbonyl (C=O) groups excluding carboxylic acids is 2. The van der Waals surface area contributed by atoms with Crippen LogP contribution in [0.2, 0.25) is 0 Å². The van der Waals surface area contributed by atoms with E-state index in [1.165, 1.54) is 0 Å². The van der Waals surface area contributed by atoms with Gasteiger partial charge in [0.05, 0.1) is 0 Å². The molecule has 24 heavy (non-hydrogen) atoms. The number of piperidine rings is 1. The summed E-state index contributed by atoms with van der Waals surface area (Å²) in [6.45, 7) is 6.95. The van der Waals surface area contributed by atoms with E-state index in [0.29, 0.717) is 25.4 Å². The number of thioether (sulfide) groups is 1. The highest BCUT2D eigenvalue weighted by atomic mass is 32.2. The maximum absolute atomic E-state index is 12.5. The predicted octanol–water partition coefficient (Wildman–Crippen LogP) is 4.63. The molecular formula is C19H27NO3S. The minimum Gasteiger partial charge on any atom is -0.444 e. The topological polar surface area (TPSA) is 46.6 Å². The molecule has 0 saturated carbocycles. The maximum Gasteiger partial charge on any atom is 0.410 e. The second-order valence-electron chi connectivity index (χ2n) is 7.27. The van der Waals surface area contributed by atoms with Crippen LogP contribution >= 0.6 is 11.8 Å². The lowest BCUT2D eigenvalue weighted by Gasteiger charge is -2.33. The normalized spacial score (nSPS) is 16.1. The molecule has 1 aromatic rings. The monoisotopic (exact) mass is 349 g/mol. The van der Waals surface area contributed by atoms with Gasteiger partial charge < -0.3 is 9.64 Å². The molecule has 0 aliphatic carbocycles. The van der Waals surface area contributed by atoms with Crippen LogP contribution in [-0.4, -0.2) is 41.7 Å². The van der Waals surface area contributed by atoms with Gasteiger partial charge in [0.15, 0.2) is 5.78 Å². The summed E-state index contributed by atoms with van der Waals surface area (Å²) in [5.74, 6) is 0.538. The van der Waals surface area contributed by atoms with Crippen molar-refractivity contribution in [1.29, 1.82) is 0 Å². The van der Waals surface area contributed by atoms with E-state index in [-0.39, 0.29) is 11.9 Å². The molecule has 0 atom stereocenters. The Balaban J connectivity index is 1.84. The molecule has 1 aromatic carbocycles. The number of amides is 1. The Morgan fingerprint density at radius 3 is 2.50 bits per heavy atom. The van der Waals surface area contributed by atoms with Crippen molar-refractivity contribution in [2.45, 2.75) is 50.5 Å². The molecule has 0 bridgehead atoms. The first-order chi connectivity index (χ1) is 11.3. The number of hydrogen-bond acceptors (Lipinski definition) is 4. The van der Waals surface area contributed by atoms with Crippen LogP contribution in [0.1, 0.15) is 50.4 Å². The Morgan fingerprint density at radius 2 is 1.92 bits per heavy atom. The SMILES string of the molecule is CSc1cccc(C(=O)CC2CCN(C(=O)OC(C)(C)C)CC2)c1. The number of ketones is 1. The predicted molar refractivity (Wildman–Crippen MR) is 97.7 cm³/mol. The van der Waals surface area contributed by atoms with Gasteiger partial charge in [-0.05, 0) is 57.9 Å². The molecule has 132 valence electrons. The molecule has 1 amide bonds. The van der Waals surface area contributed by atoms with Crippen molar-refractivity contribution in [1.82, 2.24) is 4.90 Å². The second-order valence-corrected chi connectivity index (χ2v) is 8.15. The van der Waals surface area contributed by atoms with Gasteiger partial charge in [-0.2, -0.15) is 0 Å². The van der Waals surface area contributed by atoms with Gasteiger partial charge in [-0.1, -0.05) is 12.1 Å². The lowest BCUT2D eigenvalue weighted by atomic mass is 9.90. The Kier molecular flexibility index (Phi) is 6.33. The number of ether oxygens (including phenoxy) is 1. The number of benzene rings is 1. The second kappa shape index (κ2) is 8.06. The number of carbonyl (C=O) groups is 2. The molecule has 0 N–H and O–H groups in total. The Bertz CT molecular complexity index is 587. The summed E-state index contributed by atoms with van der Waals surface area (Å²) < 4.78 is 5.41. The van der Waals surface area contributed by atoms with Crippen LogP contribution in [0.3, 0.4) is 0 Å². The lowest BCUT2D eigenvalue weighted by Crippen LogP contribution is -2.42. The molecule has 0 unspecified atom stereocenters. The van der Waals surface area contributed by atoms with Crippen LogP contribution in [0, 0.1) is 5.92 Å². The van der Waals surface area contributed by atoms with E-state index in [4.69, 9.17) is 4.74 Å². The van der Waals surface area contributed by atoms with Gasteiger partial charge in [0.2, 0.25) is 0 Å². The molecule has 1 fully saturated rings. The molecule has 1 saturated heterocycles. The van der Waals surface area contributed by atoms with Gasteiger partial charge in [-0.25, -0.2) is 4.79 Å². The molecule has 0 radical (unpaired) electrons. The summed E-state index contributed by atoms with van der Waals surface area (Å²) in [4.78, 5) is 27.4. The number of likely N-dealkylation sites (tertiary alicyclic amines) is 1. The summed E-state index contributed by atoms with van der Waals surface area (Å²) in [6.07, 6.45) is 4.02. The van der Waals surface area contributed by atoms with E-state index in [9.17, 15) is 9.59 Å². The highest BCUT2D eigenvalue weighted by Gasteiger charge is 2.27. The average Bonchev–Trinajstić information content (AvgIpc) is 2.54. The van der Waals surface area contributed by atoms with Gasteiger partial charge in [0.25, 0.3) is 0 Å². The van der Waals surface area contributed by atoms with Crippen LogP contribution in [0.4, 0.5) is 4.79 Å². The summed E-state index contributed by atoms with van der Waals surface area (Å²) in [5.41, 5.74) is 0.322. The van der Waals surface area contributed by atoms with Crippen molar-refractivity contribution in [3.8, 4) is 0 Å². The fourth-order valence-corrected chi connectivity index (χ4v) is 3.28. The minimum absolute atomic E-state index is 0.196. The fourth-order valence-electron chi connectivity index (χ4n) is 2.82. The molecule has 1 aliphatic heterocycles. The van der Waals surface area contributed by atoms with E-state index >= 15 is 0 Å². The van der Waals surface area contributed by atoms with E-state index in [2.05, 4.69) is 0 Å². The number of nitrogens with zero attached hydrogens (tertiary/aromatic N) is 1. The van der Waals surface area contributed by atoms with Crippen LogP contribution in [-0.2, 0) is 4.74 Å². The van der Waals surface area contributed by atoms with E-state index in [1.54, 1.807) is 16.7 Å². The third-order valence-electron chi connectivity index (χ3n) is 4.13. The quantitative estimate of drug-likeness (QED) is 0.587. The van der Waals surface area contributed by atoms with E-state index in [0.717, 1.165) is 23.3 Å². The van der Waals surface area contributed by atoms with Crippen molar-refractivity contribution in [3.05, 3.63) is 29.8 Å². The maximum atomic E-state index is 12.5. The first kappa shape index (κ1) is 18.8. The van der Waals surface area contributed by atoms with Gasteiger partial charge in [0, 0.05) is 30.0 Å². The van der Waals surface area contributed by atoms with Crippen molar-refractivity contribution >= 4 is 23.6 Å². The van der Waals surface area contributed by atoms with Gasteiger partial charge in [0.1, 0.15) is 5.60 Å². The zero-order valence-electron chi connectivity index (χ0n) is 15.0. The van der Waals surface area contributed by atoms with Crippen molar-refractivity contribution in [2.75, 3.05) is 19.3 Å². The third-order valence-corrected chi connectivity index (χ3v) is 4.86. The summed E-state index contributed by atoms with van der Waals surface area (Å²) in [6, 6.07) is 7.80. The Morgan fingerprint density at radius 1 is 1.25 bits per heavy atom. The summed E-state index contributed by atoms with van der Waals surface area (Å²) in [5, 5.41) is 0. The molecular weight excluding hydrogens is 322 g/mol. The number of hydrogen-bond donors (Lipinski definition) is 0. The van der Waals surface area contributed by atoms with Crippen LogP contribution in [0.5, 0.6) is 0 Å². The fraction of sp³-hybridized carbons (Fsp3) is 0.579. The Hall–Kier alpha value is -1.49. The van der Waals surface area contributed by atoms with Crippen LogP contribution in [0.25, 0.3) is 0 Å². The molecule has 5 heteroatoms. The van der Waals surface area contributed by atoms with Gasteiger partial charge >= 0.3 is 6.09 Å². The zero-order chi connectivity index (χ0) is 17.7. The van der Waals surface area contributed by atoms with Crippen LogP contribution in [0.15, 0.2) is 29.2 Å². The average molecular weight is 349 g/mol. The Labute approximate surface area is 148 Å². The molecule has 4 nitrogen and oxygen atoms in total. The van der Waals surface area contributed by atoms with E-state index in [1.807, 2.05) is 51.3 Å². The third kappa shape index (κ3) is 5.55. The van der Waals surface area contributed by atoms with E-state index < -0.39 is 5.60 Å². The zero-order valence-corrected chi connectivity index (χ0v) is 15.8. The van der Waals surface area contributed by atoms with Crippen molar-refractivity contribution < 1.29 is 14.3 Å². The van der Waals surface area contributed by atoms with Crippen LogP contribution < -0.4 is 0 Å². The number of rotatable bonds is 4. The molecule has 0 spiro atoms. The van der Waals surface area contributed by atoms with Gasteiger partial charge in [-0.3, -0.25) is 4.79 Å². The summed E-state index contributed by atoms with van der Waals surface area (Å²) in [7, 11) is 0. The smallest absolute Gasteiger partial charge is 0.410 e. The highest BCUT2D eigenvalue weighted by Crippen LogP contribution is 2.25. The first-order valence-corrected chi connectivity index (χ1v) is 9.66. The molecule has 2 rings (SSSR count). The lowest BCUT2D eigenvalue weighted by molar-refractivity contribution is 0.0183. The first-order valence-electron chi connectivity index (χ1n) is 8.43. The molecule has 1 heterocycles. The largest absolute Gasteiger partial charge is 0.444 e. The van der Waals surface area contributed by atoms with Crippen molar-refractivity contribution in [2.24, 2.45) is 5.92 Å². The standard InChI is InChI=1S/C19H27NO3S/c1-19(2,3)23-18(22)20-10-8-14(9-11-20)12-17(21)15-6-5-7-16(13-15)24-4/h5-7,13-14H,8-12H2,1-4H3. The minimum atomic E-state index is -0.466. The number of Topliss-reactive ketones (excluding diaryl/α,β-unsaturated/α-hetero) is 1.